The van der Waals surface area contributed by atoms with E-state index in [0.29, 0.717) is 0 Å². The molecule has 0 spiro atoms. The average molecular weight is 354 g/mol. The Balaban J connectivity index is 1.57. The normalized spacial score (nSPS) is 10.5. The van der Waals surface area contributed by atoms with Gasteiger partial charge in [-0.2, -0.15) is 0 Å². The van der Waals surface area contributed by atoms with Crippen LogP contribution in [0.15, 0.2) is 119 Å². The van der Waals surface area contributed by atoms with E-state index in [2.05, 4.69) is 60.7 Å². The molecule has 0 fully saturated rings. The molecule has 0 saturated heterocycles. The molecule has 0 radical (unpaired) electrons. The quantitative estimate of drug-likeness (QED) is 0.372. The van der Waals surface area contributed by atoms with Gasteiger partial charge in [0.2, 0.25) is 0 Å². The van der Waals surface area contributed by atoms with Crippen molar-refractivity contribution in [3.05, 3.63) is 109 Å². The van der Waals surface area contributed by atoms with Crippen molar-refractivity contribution in [2.75, 3.05) is 0 Å². The lowest BCUT2D eigenvalue weighted by molar-refractivity contribution is 0.483. The third-order valence-electron chi connectivity index (χ3n) is 3.96. The second-order valence-corrected chi connectivity index (χ2v) is 7.03. The predicted octanol–water partition coefficient (Wildman–Crippen LogP) is 7.30. The van der Waals surface area contributed by atoms with Gasteiger partial charge in [0.05, 0.1) is 0 Å². The van der Waals surface area contributed by atoms with Crippen LogP contribution in [-0.4, -0.2) is 0 Å². The topological polar surface area (TPSA) is 9.23 Å². The highest BCUT2D eigenvalue weighted by atomic mass is 32.2. The number of ether oxygens (including phenoxy) is 1. The molecule has 126 valence electrons. The molecule has 0 aliphatic heterocycles. The van der Waals surface area contributed by atoms with Crippen molar-refractivity contribution < 1.29 is 4.74 Å². The minimum Gasteiger partial charge on any atom is -0.457 e. The second kappa shape index (κ2) is 7.94. The Morgan fingerprint density at radius 2 is 1.04 bits per heavy atom. The molecule has 0 atom stereocenters. The summed E-state index contributed by atoms with van der Waals surface area (Å²) in [6.07, 6.45) is 0. The van der Waals surface area contributed by atoms with E-state index in [1.54, 1.807) is 11.8 Å². The molecule has 0 N–H and O–H groups in total. The van der Waals surface area contributed by atoms with Crippen molar-refractivity contribution in [3.63, 3.8) is 0 Å². The third kappa shape index (κ3) is 4.16. The molecule has 0 unspecified atom stereocenters. The number of hydrogen-bond donors (Lipinski definition) is 0. The first-order chi connectivity index (χ1) is 12.9. The zero-order valence-electron chi connectivity index (χ0n) is 14.2. The van der Waals surface area contributed by atoms with Crippen LogP contribution in [-0.2, 0) is 0 Å². The van der Waals surface area contributed by atoms with E-state index >= 15 is 0 Å². The van der Waals surface area contributed by atoms with Crippen LogP contribution in [0.4, 0.5) is 0 Å². The molecular formula is C24H18OS. The number of rotatable bonds is 5. The summed E-state index contributed by atoms with van der Waals surface area (Å²) in [5, 5.41) is 0. The first-order valence-corrected chi connectivity index (χ1v) is 9.35. The lowest BCUT2D eigenvalue weighted by Gasteiger charge is -2.09. The smallest absolute Gasteiger partial charge is 0.128 e. The summed E-state index contributed by atoms with van der Waals surface area (Å²) < 4.78 is 5.96. The summed E-state index contributed by atoms with van der Waals surface area (Å²) >= 11 is 1.77. The van der Waals surface area contributed by atoms with E-state index in [1.807, 2.05) is 48.5 Å². The van der Waals surface area contributed by atoms with Crippen LogP contribution >= 0.6 is 11.8 Å². The molecule has 0 aromatic heterocycles. The van der Waals surface area contributed by atoms with E-state index < -0.39 is 0 Å². The maximum atomic E-state index is 5.96. The SMILES string of the molecule is c1ccc(Oc2cccc(-c3cccc(Sc4ccccc4)c3)c2)cc1. The lowest BCUT2D eigenvalue weighted by Crippen LogP contribution is -1.85. The van der Waals surface area contributed by atoms with Crippen molar-refractivity contribution >= 4 is 11.8 Å². The summed E-state index contributed by atoms with van der Waals surface area (Å²) in [6.45, 7) is 0. The highest BCUT2D eigenvalue weighted by molar-refractivity contribution is 7.99. The van der Waals surface area contributed by atoms with Crippen LogP contribution < -0.4 is 4.74 Å². The molecule has 26 heavy (non-hydrogen) atoms. The predicted molar refractivity (Wildman–Crippen MR) is 109 cm³/mol. The van der Waals surface area contributed by atoms with Crippen LogP contribution in [0.25, 0.3) is 11.1 Å². The van der Waals surface area contributed by atoms with Gasteiger partial charge in [-0.05, 0) is 59.7 Å². The number of para-hydroxylation sites is 1. The van der Waals surface area contributed by atoms with Crippen molar-refractivity contribution in [1.82, 2.24) is 0 Å². The molecule has 2 heteroatoms. The maximum absolute atomic E-state index is 5.96. The van der Waals surface area contributed by atoms with Crippen LogP contribution in [0.1, 0.15) is 0 Å². The minimum absolute atomic E-state index is 0.842. The first-order valence-electron chi connectivity index (χ1n) is 8.53. The fraction of sp³-hybridized carbons (Fsp3) is 0. The van der Waals surface area contributed by atoms with Crippen molar-refractivity contribution in [2.45, 2.75) is 9.79 Å². The molecule has 0 aliphatic carbocycles. The van der Waals surface area contributed by atoms with Crippen LogP contribution in [0.5, 0.6) is 11.5 Å². The van der Waals surface area contributed by atoms with Crippen molar-refractivity contribution in [1.29, 1.82) is 0 Å². The van der Waals surface area contributed by atoms with Gasteiger partial charge in [-0.25, -0.2) is 0 Å². The Morgan fingerprint density at radius 1 is 0.462 bits per heavy atom. The van der Waals surface area contributed by atoms with Crippen molar-refractivity contribution in [3.8, 4) is 22.6 Å². The minimum atomic E-state index is 0.842. The number of benzene rings is 4. The second-order valence-electron chi connectivity index (χ2n) is 5.89. The molecule has 0 amide bonds. The Kier molecular flexibility index (Phi) is 5.04. The van der Waals surface area contributed by atoms with Crippen LogP contribution in [0.2, 0.25) is 0 Å². The molecule has 0 saturated carbocycles. The molecule has 0 heterocycles. The average Bonchev–Trinajstić information content (AvgIpc) is 2.70. The Bertz CT molecular complexity index is 898. The van der Waals surface area contributed by atoms with E-state index in [4.69, 9.17) is 4.74 Å². The Labute approximate surface area is 158 Å². The first kappa shape index (κ1) is 16.5. The van der Waals surface area contributed by atoms with E-state index in [-0.39, 0.29) is 0 Å². The summed E-state index contributed by atoms with van der Waals surface area (Å²) in [5.41, 5.74) is 2.33. The highest BCUT2D eigenvalue weighted by Gasteiger charge is 2.04. The van der Waals surface area contributed by atoms with Gasteiger partial charge in [0, 0.05) is 9.79 Å². The van der Waals surface area contributed by atoms with Gasteiger partial charge in [-0.15, -0.1) is 0 Å². The van der Waals surface area contributed by atoms with E-state index in [0.717, 1.165) is 17.1 Å². The number of hydrogen-bond acceptors (Lipinski definition) is 2. The fourth-order valence-corrected chi connectivity index (χ4v) is 3.63. The van der Waals surface area contributed by atoms with Gasteiger partial charge in [-0.1, -0.05) is 72.4 Å². The van der Waals surface area contributed by atoms with Gasteiger partial charge in [0.15, 0.2) is 0 Å². The largest absolute Gasteiger partial charge is 0.457 e. The monoisotopic (exact) mass is 354 g/mol. The van der Waals surface area contributed by atoms with E-state index in [9.17, 15) is 0 Å². The zero-order chi connectivity index (χ0) is 17.6. The van der Waals surface area contributed by atoms with E-state index in [1.165, 1.54) is 15.4 Å². The fourth-order valence-electron chi connectivity index (χ4n) is 2.73. The van der Waals surface area contributed by atoms with Gasteiger partial charge in [-0.3, -0.25) is 0 Å². The molecule has 1 nitrogen and oxygen atoms in total. The van der Waals surface area contributed by atoms with Crippen molar-refractivity contribution in [2.24, 2.45) is 0 Å². The summed E-state index contributed by atoms with van der Waals surface area (Å²) in [4.78, 5) is 2.47. The Hall–Kier alpha value is -2.97. The molecule has 4 aromatic rings. The molecule has 4 rings (SSSR count). The molecular weight excluding hydrogens is 336 g/mol. The van der Waals surface area contributed by atoms with Gasteiger partial charge in [0.1, 0.15) is 11.5 Å². The summed E-state index contributed by atoms with van der Waals surface area (Å²) in [6, 6.07) is 37.1. The third-order valence-corrected chi connectivity index (χ3v) is 4.96. The standard InChI is InChI=1S/C24H18OS/c1-3-11-21(12-4-1)25-22-13-7-9-19(17-22)20-10-8-16-24(18-20)26-23-14-5-2-6-15-23/h1-18H. The molecule has 0 aliphatic rings. The summed E-state index contributed by atoms with van der Waals surface area (Å²) in [5.74, 6) is 1.69. The van der Waals surface area contributed by atoms with Gasteiger partial charge in [0.25, 0.3) is 0 Å². The maximum Gasteiger partial charge on any atom is 0.128 e. The summed E-state index contributed by atoms with van der Waals surface area (Å²) in [7, 11) is 0. The van der Waals surface area contributed by atoms with Gasteiger partial charge < -0.3 is 4.74 Å². The van der Waals surface area contributed by atoms with Gasteiger partial charge >= 0.3 is 0 Å². The molecule has 0 bridgehead atoms. The highest BCUT2D eigenvalue weighted by Crippen LogP contribution is 2.32. The van der Waals surface area contributed by atoms with Crippen LogP contribution in [0.3, 0.4) is 0 Å². The lowest BCUT2D eigenvalue weighted by atomic mass is 10.1. The zero-order valence-corrected chi connectivity index (χ0v) is 15.0. The molecule has 4 aromatic carbocycles. The van der Waals surface area contributed by atoms with Crippen LogP contribution in [0, 0.1) is 0 Å². The Morgan fingerprint density at radius 3 is 1.81 bits per heavy atom.